The minimum absolute atomic E-state index is 0.0741. The van der Waals surface area contributed by atoms with Crippen LogP contribution in [-0.2, 0) is 19.3 Å². The summed E-state index contributed by atoms with van der Waals surface area (Å²) in [7, 11) is 0. The van der Waals surface area contributed by atoms with Crippen LogP contribution in [0, 0.1) is 20.2 Å². The van der Waals surface area contributed by atoms with E-state index >= 15 is 0 Å². The number of phenols is 1. The molecule has 0 amide bonds. The van der Waals surface area contributed by atoms with Crippen molar-refractivity contribution in [3.8, 4) is 5.75 Å². The van der Waals surface area contributed by atoms with Crippen LogP contribution in [-0.4, -0.2) is 50.1 Å². The van der Waals surface area contributed by atoms with Crippen molar-refractivity contribution in [1.29, 1.82) is 0 Å². The molecule has 0 fully saturated rings. The van der Waals surface area contributed by atoms with Gasteiger partial charge in [-0.1, -0.05) is 12.1 Å². The summed E-state index contributed by atoms with van der Waals surface area (Å²) in [6.45, 7) is -0.481. The third-order valence-corrected chi connectivity index (χ3v) is 4.18. The zero-order valence-corrected chi connectivity index (χ0v) is 16.0. The highest BCUT2D eigenvalue weighted by molar-refractivity contribution is 5.70. The third kappa shape index (κ3) is 6.01. The Kier molecular flexibility index (Phi) is 9.42. The molecule has 2 aromatic rings. The lowest BCUT2D eigenvalue weighted by Gasteiger charge is -2.08. The number of nitrogens with two attached hydrogens (primary N) is 2. The van der Waals surface area contributed by atoms with E-state index in [4.69, 9.17) is 31.9 Å². The molecule has 12 heteroatoms. The highest BCUT2D eigenvalue weighted by atomic mass is 16.6. The van der Waals surface area contributed by atoms with Gasteiger partial charge in [-0.05, 0) is 24.1 Å². The predicted octanol–water partition coefficient (Wildman–Crippen LogP) is 0.664. The van der Waals surface area contributed by atoms with E-state index in [1.54, 1.807) is 12.1 Å². The van der Waals surface area contributed by atoms with E-state index in [1.165, 1.54) is 12.1 Å². The Morgan fingerprint density at radius 2 is 1.07 bits per heavy atom. The molecule has 0 heterocycles. The second-order valence-electron chi connectivity index (χ2n) is 6.09. The lowest BCUT2D eigenvalue weighted by molar-refractivity contribution is -0.384. The zero-order valence-electron chi connectivity index (χ0n) is 16.0. The van der Waals surface area contributed by atoms with Gasteiger partial charge in [-0.25, -0.2) is 0 Å². The lowest BCUT2D eigenvalue weighted by atomic mass is 10.0. The Morgan fingerprint density at radius 1 is 0.700 bits per heavy atom. The van der Waals surface area contributed by atoms with E-state index in [0.29, 0.717) is 16.7 Å². The van der Waals surface area contributed by atoms with E-state index in [9.17, 15) is 20.2 Å². The minimum atomic E-state index is -0.667. The number of aromatic hydroxyl groups is 1. The molecule has 0 aliphatic heterocycles. The molecular formula is C18H24N4O8. The topological polar surface area (TPSA) is 219 Å². The molecule has 0 atom stereocenters. The smallest absolute Gasteiger partial charge is 0.299 e. The number of anilines is 2. The monoisotopic (exact) mass is 424 g/mol. The number of hydrogen-bond acceptors (Lipinski definition) is 10. The van der Waals surface area contributed by atoms with Crippen LogP contribution < -0.4 is 11.5 Å². The van der Waals surface area contributed by atoms with Crippen molar-refractivity contribution in [1.82, 2.24) is 0 Å². The molecular weight excluding hydrogens is 400 g/mol. The quantitative estimate of drug-likeness (QED) is 0.150. The molecule has 0 saturated carbocycles. The van der Waals surface area contributed by atoms with Gasteiger partial charge in [-0.2, -0.15) is 0 Å². The van der Waals surface area contributed by atoms with Gasteiger partial charge in [0.05, 0.1) is 9.85 Å². The Hall–Kier alpha value is -3.48. The van der Waals surface area contributed by atoms with Gasteiger partial charge in [0, 0.05) is 43.8 Å². The van der Waals surface area contributed by atoms with Crippen LogP contribution in [0.5, 0.6) is 5.75 Å². The summed E-state index contributed by atoms with van der Waals surface area (Å²) < 4.78 is 0. The maximum absolute atomic E-state index is 10.9. The first-order valence-corrected chi connectivity index (χ1v) is 8.81. The maximum Gasteiger partial charge on any atom is 0.299 e. The van der Waals surface area contributed by atoms with Crippen molar-refractivity contribution in [2.24, 2.45) is 0 Å². The molecule has 12 nitrogen and oxygen atoms in total. The van der Waals surface area contributed by atoms with Crippen molar-refractivity contribution < 1.29 is 30.3 Å². The predicted molar refractivity (Wildman–Crippen MR) is 109 cm³/mol. The molecule has 164 valence electrons. The van der Waals surface area contributed by atoms with Crippen molar-refractivity contribution in [3.63, 3.8) is 0 Å². The van der Waals surface area contributed by atoms with Crippen LogP contribution in [0.1, 0.15) is 16.7 Å². The third-order valence-electron chi connectivity index (χ3n) is 4.18. The average molecular weight is 424 g/mol. The molecule has 0 radical (unpaired) electrons. The lowest BCUT2D eigenvalue weighted by Crippen LogP contribution is -2.06. The zero-order chi connectivity index (χ0) is 22.8. The number of nitro benzene ring substituents is 2. The number of hydrogen-bond donors (Lipinski definition) is 6. The molecule has 0 bridgehead atoms. The highest BCUT2D eigenvalue weighted by Crippen LogP contribution is 2.34. The SMILES string of the molecule is Nc1c(CCO)ccc(CCO)c1[N+](=O)[O-].Nc1c(O)ccc(CCO)c1[N+](=O)[O-]. The normalized spacial score (nSPS) is 10.2. The largest absolute Gasteiger partial charge is 0.506 e. The Morgan fingerprint density at radius 3 is 1.50 bits per heavy atom. The fourth-order valence-corrected chi connectivity index (χ4v) is 2.75. The van der Waals surface area contributed by atoms with Crippen LogP contribution in [0.25, 0.3) is 0 Å². The Balaban J connectivity index is 0.000000303. The van der Waals surface area contributed by atoms with Gasteiger partial charge in [0.25, 0.3) is 11.4 Å². The van der Waals surface area contributed by atoms with Crippen molar-refractivity contribution in [3.05, 3.63) is 61.2 Å². The molecule has 8 N–H and O–H groups in total. The van der Waals surface area contributed by atoms with Gasteiger partial charge in [0.15, 0.2) is 5.69 Å². The van der Waals surface area contributed by atoms with Crippen LogP contribution in [0.15, 0.2) is 24.3 Å². The van der Waals surface area contributed by atoms with Crippen LogP contribution in [0.3, 0.4) is 0 Å². The highest BCUT2D eigenvalue weighted by Gasteiger charge is 2.21. The Labute approximate surface area is 171 Å². The first-order valence-electron chi connectivity index (χ1n) is 8.81. The summed E-state index contributed by atoms with van der Waals surface area (Å²) in [5.74, 6) is -0.321. The van der Waals surface area contributed by atoms with Gasteiger partial charge in [0.2, 0.25) is 0 Å². The van der Waals surface area contributed by atoms with Crippen LogP contribution in [0.4, 0.5) is 22.7 Å². The number of nitrogen functional groups attached to an aromatic ring is 2. The van der Waals surface area contributed by atoms with Crippen LogP contribution >= 0.6 is 0 Å². The van der Waals surface area contributed by atoms with Crippen molar-refractivity contribution in [2.45, 2.75) is 19.3 Å². The van der Waals surface area contributed by atoms with Crippen molar-refractivity contribution >= 4 is 22.7 Å². The summed E-state index contributed by atoms with van der Waals surface area (Å²) in [6, 6.07) is 5.85. The molecule has 0 aromatic heterocycles. The number of nitro groups is 2. The number of nitrogens with zero attached hydrogens (tertiary/aromatic N) is 2. The number of aliphatic hydroxyl groups is 3. The van der Waals surface area contributed by atoms with Gasteiger partial charge in [0.1, 0.15) is 11.4 Å². The van der Waals surface area contributed by atoms with E-state index in [1.807, 2.05) is 0 Å². The van der Waals surface area contributed by atoms with E-state index in [2.05, 4.69) is 0 Å². The second-order valence-corrected chi connectivity index (χ2v) is 6.09. The average Bonchev–Trinajstić information content (AvgIpc) is 2.67. The maximum atomic E-state index is 10.9. The van der Waals surface area contributed by atoms with E-state index < -0.39 is 9.85 Å². The van der Waals surface area contributed by atoms with Crippen molar-refractivity contribution in [2.75, 3.05) is 31.3 Å². The first-order chi connectivity index (χ1) is 14.2. The molecule has 2 aromatic carbocycles. The van der Waals surface area contributed by atoms with Gasteiger partial charge < -0.3 is 31.9 Å². The molecule has 30 heavy (non-hydrogen) atoms. The molecule has 0 saturated heterocycles. The number of phenolic OH excluding ortho intramolecular Hbond substituents is 1. The molecule has 0 aliphatic rings. The standard InChI is InChI=1S/C10H14N2O4.C8H10N2O4/c11-9-7(3-5-13)1-2-8(4-6-14)10(9)12(15)16;9-7-6(12)2-1-5(3-4-11)8(7)10(13)14/h1-2,13-14H,3-6,11H2;1-2,11-12H,3-4,9H2. The van der Waals surface area contributed by atoms with Crippen LogP contribution in [0.2, 0.25) is 0 Å². The van der Waals surface area contributed by atoms with E-state index in [-0.39, 0.29) is 67.6 Å². The summed E-state index contributed by atoms with van der Waals surface area (Å²) in [4.78, 5) is 20.2. The second kappa shape index (κ2) is 11.5. The first kappa shape index (κ1) is 24.6. The molecule has 2 rings (SSSR count). The van der Waals surface area contributed by atoms with Gasteiger partial charge >= 0.3 is 0 Å². The summed E-state index contributed by atoms with van der Waals surface area (Å²) >= 11 is 0. The number of benzene rings is 2. The molecule has 0 spiro atoms. The summed E-state index contributed by atoms with van der Waals surface area (Å²) in [6.07, 6.45) is 0.618. The van der Waals surface area contributed by atoms with Gasteiger partial charge in [-0.15, -0.1) is 0 Å². The fourth-order valence-electron chi connectivity index (χ4n) is 2.75. The molecule has 0 aliphatic carbocycles. The summed E-state index contributed by atoms with van der Waals surface area (Å²) in [5.41, 5.74) is 11.6. The van der Waals surface area contributed by atoms with E-state index in [0.717, 1.165) is 0 Å². The minimum Gasteiger partial charge on any atom is -0.506 e. The number of rotatable bonds is 8. The molecule has 0 unspecified atom stereocenters. The Bertz CT molecular complexity index is 904. The fraction of sp³-hybridized carbons (Fsp3) is 0.333. The van der Waals surface area contributed by atoms with Gasteiger partial charge in [-0.3, -0.25) is 20.2 Å². The number of aliphatic hydroxyl groups excluding tert-OH is 3. The summed E-state index contributed by atoms with van der Waals surface area (Å²) in [5, 5.41) is 56.8.